The van der Waals surface area contributed by atoms with Gasteiger partial charge in [0.05, 0.1) is 12.9 Å². The molecule has 0 atom stereocenters. The maximum atomic E-state index is 5.32. The first-order valence-corrected chi connectivity index (χ1v) is 3.53. The smallest absolute Gasteiger partial charge is 0.144 e. The fourth-order valence-corrected chi connectivity index (χ4v) is 0.703. The molecule has 0 aliphatic carbocycles. The largest absolute Gasteiger partial charge is 0.494 e. The van der Waals surface area contributed by atoms with Crippen LogP contribution in [0.15, 0.2) is 24.2 Å². The molecule has 0 saturated heterocycles. The van der Waals surface area contributed by atoms with Crippen molar-refractivity contribution in [1.29, 1.82) is 0 Å². The zero-order chi connectivity index (χ0) is 7.23. The SMILES string of the molecule is CCCOC1=CC=COC1. The van der Waals surface area contributed by atoms with Crippen LogP contribution in [0.5, 0.6) is 0 Å². The van der Waals surface area contributed by atoms with Crippen LogP contribution < -0.4 is 0 Å². The summed E-state index contributed by atoms with van der Waals surface area (Å²) in [6.07, 6.45) is 6.48. The molecular formula is C8H12O2. The van der Waals surface area contributed by atoms with E-state index >= 15 is 0 Å². The summed E-state index contributed by atoms with van der Waals surface area (Å²) >= 11 is 0. The Morgan fingerprint density at radius 3 is 3.20 bits per heavy atom. The van der Waals surface area contributed by atoms with E-state index in [0.717, 1.165) is 18.8 Å². The minimum absolute atomic E-state index is 0.580. The molecule has 2 nitrogen and oxygen atoms in total. The highest BCUT2D eigenvalue weighted by Crippen LogP contribution is 2.04. The molecule has 0 unspecified atom stereocenters. The highest BCUT2D eigenvalue weighted by atomic mass is 16.5. The Balaban J connectivity index is 2.25. The van der Waals surface area contributed by atoms with Gasteiger partial charge in [0, 0.05) is 0 Å². The van der Waals surface area contributed by atoms with E-state index < -0.39 is 0 Å². The molecule has 10 heavy (non-hydrogen) atoms. The van der Waals surface area contributed by atoms with Crippen LogP contribution in [-0.2, 0) is 9.47 Å². The lowest BCUT2D eigenvalue weighted by atomic mass is 10.4. The van der Waals surface area contributed by atoms with E-state index in [4.69, 9.17) is 9.47 Å². The van der Waals surface area contributed by atoms with Crippen LogP contribution in [0.2, 0.25) is 0 Å². The fraction of sp³-hybridized carbons (Fsp3) is 0.500. The third-order valence-electron chi connectivity index (χ3n) is 1.17. The van der Waals surface area contributed by atoms with Crippen molar-refractivity contribution in [3.63, 3.8) is 0 Å². The highest BCUT2D eigenvalue weighted by Gasteiger charge is 1.98. The molecule has 1 heterocycles. The van der Waals surface area contributed by atoms with Gasteiger partial charge in [-0.1, -0.05) is 6.92 Å². The number of rotatable bonds is 3. The molecule has 1 aliphatic rings. The summed E-state index contributed by atoms with van der Waals surface area (Å²) in [6.45, 7) is 3.44. The van der Waals surface area contributed by atoms with E-state index in [2.05, 4.69) is 6.92 Å². The number of allylic oxidation sites excluding steroid dienone is 2. The molecule has 0 bridgehead atoms. The third-order valence-corrected chi connectivity index (χ3v) is 1.17. The van der Waals surface area contributed by atoms with Crippen LogP contribution in [0.3, 0.4) is 0 Å². The fourth-order valence-electron chi connectivity index (χ4n) is 0.703. The molecule has 56 valence electrons. The van der Waals surface area contributed by atoms with Gasteiger partial charge in [-0.15, -0.1) is 0 Å². The molecule has 0 radical (unpaired) electrons. The first-order valence-electron chi connectivity index (χ1n) is 3.53. The molecule has 0 aromatic rings. The Bertz CT molecular complexity index is 147. The normalized spacial score (nSPS) is 15.9. The van der Waals surface area contributed by atoms with Crippen LogP contribution in [0, 0.1) is 0 Å². The van der Waals surface area contributed by atoms with Crippen molar-refractivity contribution in [3.05, 3.63) is 24.2 Å². The lowest BCUT2D eigenvalue weighted by molar-refractivity contribution is 0.146. The van der Waals surface area contributed by atoms with Crippen LogP contribution in [-0.4, -0.2) is 13.2 Å². The molecule has 0 amide bonds. The average Bonchev–Trinajstić information content (AvgIpc) is 2.03. The van der Waals surface area contributed by atoms with Gasteiger partial charge in [0.1, 0.15) is 12.4 Å². The van der Waals surface area contributed by atoms with E-state index in [1.807, 2.05) is 12.2 Å². The van der Waals surface area contributed by atoms with Crippen molar-refractivity contribution in [2.45, 2.75) is 13.3 Å². The Labute approximate surface area is 61.1 Å². The van der Waals surface area contributed by atoms with Crippen molar-refractivity contribution in [2.24, 2.45) is 0 Å². The van der Waals surface area contributed by atoms with E-state index in [1.165, 1.54) is 0 Å². The predicted molar refractivity (Wildman–Crippen MR) is 39.4 cm³/mol. The molecule has 1 rings (SSSR count). The van der Waals surface area contributed by atoms with Crippen molar-refractivity contribution in [1.82, 2.24) is 0 Å². The second-order valence-corrected chi connectivity index (χ2v) is 2.12. The van der Waals surface area contributed by atoms with Gasteiger partial charge in [-0.3, -0.25) is 0 Å². The Hall–Kier alpha value is -0.920. The maximum absolute atomic E-state index is 5.32. The van der Waals surface area contributed by atoms with Gasteiger partial charge in [-0.05, 0) is 18.6 Å². The summed E-state index contributed by atoms with van der Waals surface area (Å²) in [5.74, 6) is 0.921. The standard InChI is InChI=1S/C8H12O2/c1-2-5-10-8-4-3-6-9-7-8/h3-4,6H,2,5,7H2,1H3. The Kier molecular flexibility index (Phi) is 2.87. The lowest BCUT2D eigenvalue weighted by Crippen LogP contribution is -2.02. The Morgan fingerprint density at radius 2 is 2.60 bits per heavy atom. The quantitative estimate of drug-likeness (QED) is 0.595. The second kappa shape index (κ2) is 3.99. The minimum Gasteiger partial charge on any atom is -0.494 e. The predicted octanol–water partition coefficient (Wildman–Crippen LogP) is 1.84. The van der Waals surface area contributed by atoms with Crippen molar-refractivity contribution < 1.29 is 9.47 Å². The van der Waals surface area contributed by atoms with Crippen LogP contribution in [0.4, 0.5) is 0 Å². The van der Waals surface area contributed by atoms with Crippen LogP contribution in [0.1, 0.15) is 13.3 Å². The number of hydrogen-bond donors (Lipinski definition) is 0. The Morgan fingerprint density at radius 1 is 1.70 bits per heavy atom. The summed E-state index contributed by atoms with van der Waals surface area (Å²) in [5, 5.41) is 0. The van der Waals surface area contributed by atoms with Crippen molar-refractivity contribution in [2.75, 3.05) is 13.2 Å². The average molecular weight is 140 g/mol. The summed E-state index contributed by atoms with van der Waals surface area (Å²) in [7, 11) is 0. The third kappa shape index (κ3) is 2.13. The van der Waals surface area contributed by atoms with Crippen molar-refractivity contribution >= 4 is 0 Å². The monoisotopic (exact) mass is 140 g/mol. The molecule has 0 aromatic heterocycles. The number of ether oxygens (including phenoxy) is 2. The molecule has 2 heteroatoms. The van der Waals surface area contributed by atoms with Gasteiger partial charge in [0.2, 0.25) is 0 Å². The van der Waals surface area contributed by atoms with E-state index in [-0.39, 0.29) is 0 Å². The molecule has 0 spiro atoms. The topological polar surface area (TPSA) is 18.5 Å². The first kappa shape index (κ1) is 7.19. The molecule has 0 aromatic carbocycles. The van der Waals surface area contributed by atoms with Gasteiger partial charge < -0.3 is 9.47 Å². The first-order chi connectivity index (χ1) is 4.93. The molecule has 0 fully saturated rings. The molecular weight excluding hydrogens is 128 g/mol. The summed E-state index contributed by atoms with van der Waals surface area (Å²) in [5.41, 5.74) is 0. The zero-order valence-electron chi connectivity index (χ0n) is 6.17. The van der Waals surface area contributed by atoms with Gasteiger partial charge >= 0.3 is 0 Å². The van der Waals surface area contributed by atoms with Gasteiger partial charge in [0.15, 0.2) is 0 Å². The molecule has 0 saturated carbocycles. The van der Waals surface area contributed by atoms with E-state index in [9.17, 15) is 0 Å². The van der Waals surface area contributed by atoms with E-state index in [1.54, 1.807) is 6.26 Å². The van der Waals surface area contributed by atoms with E-state index in [0.29, 0.717) is 6.61 Å². The summed E-state index contributed by atoms with van der Waals surface area (Å²) in [6, 6.07) is 0. The molecule has 0 N–H and O–H groups in total. The highest BCUT2D eigenvalue weighted by molar-refractivity contribution is 5.09. The van der Waals surface area contributed by atoms with Gasteiger partial charge in [-0.2, -0.15) is 0 Å². The number of hydrogen-bond acceptors (Lipinski definition) is 2. The molecule has 1 aliphatic heterocycles. The zero-order valence-corrected chi connectivity index (χ0v) is 6.17. The van der Waals surface area contributed by atoms with Crippen LogP contribution in [0.25, 0.3) is 0 Å². The van der Waals surface area contributed by atoms with Crippen LogP contribution >= 0.6 is 0 Å². The minimum atomic E-state index is 0.580. The second-order valence-electron chi connectivity index (χ2n) is 2.12. The summed E-state index contributed by atoms with van der Waals surface area (Å²) < 4.78 is 10.3. The summed E-state index contributed by atoms with van der Waals surface area (Å²) in [4.78, 5) is 0. The van der Waals surface area contributed by atoms with Gasteiger partial charge in [0.25, 0.3) is 0 Å². The maximum Gasteiger partial charge on any atom is 0.144 e. The lowest BCUT2D eigenvalue weighted by Gasteiger charge is -2.10. The van der Waals surface area contributed by atoms with Gasteiger partial charge in [-0.25, -0.2) is 0 Å². The van der Waals surface area contributed by atoms with Crippen molar-refractivity contribution in [3.8, 4) is 0 Å².